The highest BCUT2D eigenvalue weighted by molar-refractivity contribution is 5.33. The molecule has 0 aromatic heterocycles. The van der Waals surface area contributed by atoms with Gasteiger partial charge in [0.25, 0.3) is 0 Å². The fraction of sp³-hybridized carbons (Fsp3) is 0.100. The SMILES string of the molecule is c1ccc(CCc2ccc(Oc3ccccc3)cc2)cc1. The molecular formula is C20H18O. The number of hydrogen-bond acceptors (Lipinski definition) is 1. The minimum Gasteiger partial charge on any atom is -0.457 e. The predicted octanol–water partition coefficient (Wildman–Crippen LogP) is 5.26. The van der Waals surface area contributed by atoms with Crippen molar-refractivity contribution in [3.8, 4) is 11.5 Å². The van der Waals surface area contributed by atoms with E-state index in [1.807, 2.05) is 42.5 Å². The van der Waals surface area contributed by atoms with Crippen molar-refractivity contribution < 1.29 is 4.74 Å². The van der Waals surface area contributed by atoms with Crippen LogP contribution in [-0.4, -0.2) is 0 Å². The maximum atomic E-state index is 5.80. The third-order valence-corrected chi connectivity index (χ3v) is 3.45. The van der Waals surface area contributed by atoms with Gasteiger partial charge < -0.3 is 4.74 Å². The fourth-order valence-corrected chi connectivity index (χ4v) is 2.28. The van der Waals surface area contributed by atoms with Crippen molar-refractivity contribution in [3.63, 3.8) is 0 Å². The lowest BCUT2D eigenvalue weighted by Crippen LogP contribution is -1.91. The molecule has 3 aromatic carbocycles. The first kappa shape index (κ1) is 13.4. The first-order valence-electron chi connectivity index (χ1n) is 7.26. The fourth-order valence-electron chi connectivity index (χ4n) is 2.28. The van der Waals surface area contributed by atoms with E-state index in [1.54, 1.807) is 0 Å². The summed E-state index contributed by atoms with van der Waals surface area (Å²) in [6.07, 6.45) is 2.12. The zero-order valence-electron chi connectivity index (χ0n) is 11.9. The summed E-state index contributed by atoms with van der Waals surface area (Å²) in [5.74, 6) is 1.75. The molecule has 0 heterocycles. The van der Waals surface area contributed by atoms with Crippen LogP contribution in [0.5, 0.6) is 11.5 Å². The average molecular weight is 274 g/mol. The van der Waals surface area contributed by atoms with Crippen LogP contribution < -0.4 is 4.74 Å². The Balaban J connectivity index is 1.59. The normalized spacial score (nSPS) is 10.3. The van der Waals surface area contributed by atoms with Gasteiger partial charge in [0, 0.05) is 0 Å². The van der Waals surface area contributed by atoms with Gasteiger partial charge in [0.1, 0.15) is 11.5 Å². The highest BCUT2D eigenvalue weighted by atomic mass is 16.5. The summed E-state index contributed by atoms with van der Waals surface area (Å²) in [6, 6.07) is 28.8. The molecule has 0 fully saturated rings. The second kappa shape index (κ2) is 6.76. The molecule has 0 saturated carbocycles. The van der Waals surface area contributed by atoms with Crippen LogP contribution in [0.25, 0.3) is 0 Å². The van der Waals surface area contributed by atoms with Crippen molar-refractivity contribution in [2.24, 2.45) is 0 Å². The van der Waals surface area contributed by atoms with Crippen LogP contribution in [-0.2, 0) is 12.8 Å². The Morgan fingerprint density at radius 3 is 1.57 bits per heavy atom. The molecule has 0 aliphatic rings. The minimum absolute atomic E-state index is 0.870. The zero-order chi connectivity index (χ0) is 14.3. The smallest absolute Gasteiger partial charge is 0.127 e. The molecule has 0 bridgehead atoms. The highest BCUT2D eigenvalue weighted by Gasteiger charge is 1.98. The first-order valence-corrected chi connectivity index (χ1v) is 7.26. The van der Waals surface area contributed by atoms with E-state index in [-0.39, 0.29) is 0 Å². The summed E-state index contributed by atoms with van der Waals surface area (Å²) in [5, 5.41) is 0. The van der Waals surface area contributed by atoms with Gasteiger partial charge in [-0.3, -0.25) is 0 Å². The van der Waals surface area contributed by atoms with Gasteiger partial charge in [0.05, 0.1) is 0 Å². The standard InChI is InChI=1S/C20H18O/c1-3-7-17(8-4-1)11-12-18-13-15-20(16-14-18)21-19-9-5-2-6-10-19/h1-10,13-16H,11-12H2. The number of rotatable bonds is 5. The van der Waals surface area contributed by atoms with E-state index in [2.05, 4.69) is 42.5 Å². The van der Waals surface area contributed by atoms with Gasteiger partial charge >= 0.3 is 0 Å². The van der Waals surface area contributed by atoms with Crippen molar-refractivity contribution in [2.75, 3.05) is 0 Å². The van der Waals surface area contributed by atoms with Gasteiger partial charge in [-0.1, -0.05) is 60.7 Å². The van der Waals surface area contributed by atoms with E-state index < -0.39 is 0 Å². The maximum absolute atomic E-state index is 5.80. The third kappa shape index (κ3) is 3.96. The van der Waals surface area contributed by atoms with Crippen molar-refractivity contribution in [1.82, 2.24) is 0 Å². The summed E-state index contributed by atoms with van der Waals surface area (Å²) in [4.78, 5) is 0. The van der Waals surface area contributed by atoms with Crippen LogP contribution in [0.4, 0.5) is 0 Å². The molecule has 0 radical (unpaired) electrons. The number of para-hydroxylation sites is 1. The molecule has 3 aromatic rings. The second-order valence-electron chi connectivity index (χ2n) is 5.04. The molecule has 0 saturated heterocycles. The number of aryl methyl sites for hydroxylation is 2. The van der Waals surface area contributed by atoms with Crippen molar-refractivity contribution >= 4 is 0 Å². The molecule has 1 nitrogen and oxygen atoms in total. The first-order chi connectivity index (χ1) is 10.4. The van der Waals surface area contributed by atoms with Gasteiger partial charge in [-0.15, -0.1) is 0 Å². The van der Waals surface area contributed by atoms with Crippen LogP contribution in [0, 0.1) is 0 Å². The molecule has 3 rings (SSSR count). The van der Waals surface area contributed by atoms with E-state index in [4.69, 9.17) is 4.74 Å². The molecule has 1 heteroatoms. The van der Waals surface area contributed by atoms with E-state index in [9.17, 15) is 0 Å². The van der Waals surface area contributed by atoms with E-state index >= 15 is 0 Å². The lowest BCUT2D eigenvalue weighted by Gasteiger charge is -2.07. The zero-order valence-corrected chi connectivity index (χ0v) is 11.9. The minimum atomic E-state index is 0.870. The summed E-state index contributed by atoms with van der Waals surface area (Å²) in [7, 11) is 0. The summed E-state index contributed by atoms with van der Waals surface area (Å²) >= 11 is 0. The van der Waals surface area contributed by atoms with Crippen LogP contribution in [0.3, 0.4) is 0 Å². The van der Waals surface area contributed by atoms with E-state index in [0.717, 1.165) is 24.3 Å². The van der Waals surface area contributed by atoms with Crippen molar-refractivity contribution in [2.45, 2.75) is 12.8 Å². The van der Waals surface area contributed by atoms with Gasteiger partial charge in [0.15, 0.2) is 0 Å². The van der Waals surface area contributed by atoms with Crippen molar-refractivity contribution in [1.29, 1.82) is 0 Å². The Kier molecular flexibility index (Phi) is 4.33. The average Bonchev–Trinajstić information content (AvgIpc) is 2.56. The Hall–Kier alpha value is -2.54. The van der Waals surface area contributed by atoms with Crippen LogP contribution in [0.15, 0.2) is 84.9 Å². The second-order valence-corrected chi connectivity index (χ2v) is 5.04. The quantitative estimate of drug-likeness (QED) is 0.616. The topological polar surface area (TPSA) is 9.23 Å². The van der Waals surface area contributed by atoms with Gasteiger partial charge in [-0.2, -0.15) is 0 Å². The molecule has 0 aliphatic carbocycles. The summed E-state index contributed by atoms with van der Waals surface area (Å²) in [5.41, 5.74) is 2.71. The van der Waals surface area contributed by atoms with Crippen LogP contribution in [0.2, 0.25) is 0 Å². The molecule has 21 heavy (non-hydrogen) atoms. The Morgan fingerprint density at radius 1 is 0.476 bits per heavy atom. The maximum Gasteiger partial charge on any atom is 0.127 e. The lowest BCUT2D eigenvalue weighted by atomic mass is 10.0. The Labute approximate surface area is 125 Å². The summed E-state index contributed by atoms with van der Waals surface area (Å²) < 4.78 is 5.80. The van der Waals surface area contributed by atoms with E-state index in [0.29, 0.717) is 0 Å². The Bertz CT molecular complexity index is 657. The lowest BCUT2D eigenvalue weighted by molar-refractivity contribution is 0.482. The van der Waals surface area contributed by atoms with Crippen LogP contribution >= 0.6 is 0 Å². The monoisotopic (exact) mass is 274 g/mol. The third-order valence-electron chi connectivity index (χ3n) is 3.45. The number of ether oxygens (including phenoxy) is 1. The van der Waals surface area contributed by atoms with Gasteiger partial charge in [-0.05, 0) is 48.2 Å². The number of benzene rings is 3. The van der Waals surface area contributed by atoms with Gasteiger partial charge in [0.2, 0.25) is 0 Å². The largest absolute Gasteiger partial charge is 0.457 e. The van der Waals surface area contributed by atoms with Gasteiger partial charge in [-0.25, -0.2) is 0 Å². The highest BCUT2D eigenvalue weighted by Crippen LogP contribution is 2.21. The van der Waals surface area contributed by atoms with E-state index in [1.165, 1.54) is 11.1 Å². The molecule has 0 spiro atoms. The molecular weight excluding hydrogens is 256 g/mol. The Morgan fingerprint density at radius 2 is 0.952 bits per heavy atom. The number of hydrogen-bond donors (Lipinski definition) is 0. The molecule has 0 amide bonds. The van der Waals surface area contributed by atoms with Crippen molar-refractivity contribution in [3.05, 3.63) is 96.1 Å². The molecule has 0 unspecified atom stereocenters. The molecule has 0 N–H and O–H groups in total. The molecule has 0 atom stereocenters. The summed E-state index contributed by atoms with van der Waals surface area (Å²) in [6.45, 7) is 0. The van der Waals surface area contributed by atoms with Crippen LogP contribution in [0.1, 0.15) is 11.1 Å². The molecule has 0 aliphatic heterocycles. The predicted molar refractivity (Wildman–Crippen MR) is 86.8 cm³/mol. The molecule has 104 valence electrons.